The van der Waals surface area contributed by atoms with Crippen molar-refractivity contribution in [2.24, 2.45) is 5.92 Å². The zero-order valence-electron chi connectivity index (χ0n) is 12.1. The average Bonchev–Trinajstić information content (AvgIpc) is 2.91. The van der Waals surface area contributed by atoms with Gasteiger partial charge in [-0.15, -0.1) is 0 Å². The third kappa shape index (κ3) is 6.40. The van der Waals surface area contributed by atoms with Crippen LogP contribution in [0.15, 0.2) is 16.8 Å². The van der Waals surface area contributed by atoms with Crippen molar-refractivity contribution in [1.29, 1.82) is 0 Å². The van der Waals surface area contributed by atoms with E-state index < -0.39 is 12.0 Å². The number of carboxylic acid groups (broad SMARTS) is 1. The maximum absolute atomic E-state index is 11.8. The molecule has 1 aromatic heterocycles. The summed E-state index contributed by atoms with van der Waals surface area (Å²) in [6.45, 7) is 3.93. The standard InChI is InChI=1S/C14H20N2O4S/c1-9(2)11(7-13(18)19)16-12(17)3-5-15-14(20)10-4-6-21-8-10/h4,6,8-9,11H,3,5,7H2,1-2H3,(H,15,20)(H,16,17)(H,18,19). The van der Waals surface area contributed by atoms with Crippen LogP contribution in [-0.2, 0) is 9.59 Å². The van der Waals surface area contributed by atoms with Crippen molar-refractivity contribution in [3.05, 3.63) is 22.4 Å². The Balaban J connectivity index is 2.32. The Morgan fingerprint density at radius 1 is 1.33 bits per heavy atom. The van der Waals surface area contributed by atoms with E-state index in [1.165, 1.54) is 11.3 Å². The van der Waals surface area contributed by atoms with Crippen molar-refractivity contribution in [2.75, 3.05) is 6.54 Å². The minimum atomic E-state index is -0.945. The van der Waals surface area contributed by atoms with Crippen LogP contribution in [0.1, 0.15) is 37.0 Å². The van der Waals surface area contributed by atoms with Crippen molar-refractivity contribution < 1.29 is 19.5 Å². The summed E-state index contributed by atoms with van der Waals surface area (Å²) >= 11 is 1.43. The molecule has 0 aliphatic carbocycles. The first-order chi connectivity index (χ1) is 9.90. The smallest absolute Gasteiger partial charge is 0.305 e. The second-order valence-corrected chi connectivity index (χ2v) is 5.81. The van der Waals surface area contributed by atoms with E-state index in [1.807, 2.05) is 13.8 Å². The fourth-order valence-corrected chi connectivity index (χ4v) is 2.34. The lowest BCUT2D eigenvalue weighted by Crippen LogP contribution is -2.41. The minimum absolute atomic E-state index is 0.0328. The highest BCUT2D eigenvalue weighted by molar-refractivity contribution is 7.08. The Labute approximate surface area is 127 Å². The molecule has 1 heterocycles. The van der Waals surface area contributed by atoms with Gasteiger partial charge in [0.05, 0.1) is 6.42 Å². The van der Waals surface area contributed by atoms with E-state index in [-0.39, 0.29) is 37.1 Å². The molecule has 0 saturated carbocycles. The van der Waals surface area contributed by atoms with Crippen LogP contribution in [0.3, 0.4) is 0 Å². The molecule has 1 aromatic rings. The summed E-state index contributed by atoms with van der Waals surface area (Å²) in [5.41, 5.74) is 0.575. The lowest BCUT2D eigenvalue weighted by atomic mass is 10.0. The molecule has 0 fully saturated rings. The summed E-state index contributed by atoms with van der Waals surface area (Å²) < 4.78 is 0. The van der Waals surface area contributed by atoms with E-state index >= 15 is 0 Å². The van der Waals surface area contributed by atoms with Gasteiger partial charge in [0, 0.05) is 30.0 Å². The molecule has 6 nitrogen and oxygen atoms in total. The number of thiophene rings is 1. The summed E-state index contributed by atoms with van der Waals surface area (Å²) in [7, 11) is 0. The highest BCUT2D eigenvalue weighted by Gasteiger charge is 2.19. The summed E-state index contributed by atoms with van der Waals surface area (Å²) in [5.74, 6) is -1.39. The van der Waals surface area contributed by atoms with Gasteiger partial charge in [-0.05, 0) is 17.4 Å². The quantitative estimate of drug-likeness (QED) is 0.677. The van der Waals surface area contributed by atoms with E-state index in [0.717, 1.165) is 0 Å². The molecular formula is C14H20N2O4S. The maximum atomic E-state index is 11.8. The minimum Gasteiger partial charge on any atom is -0.481 e. The number of hydrogen-bond acceptors (Lipinski definition) is 4. The van der Waals surface area contributed by atoms with Gasteiger partial charge in [-0.25, -0.2) is 0 Å². The largest absolute Gasteiger partial charge is 0.481 e. The van der Waals surface area contributed by atoms with Crippen LogP contribution in [0.4, 0.5) is 0 Å². The van der Waals surface area contributed by atoms with E-state index in [2.05, 4.69) is 10.6 Å². The van der Waals surface area contributed by atoms with Crippen LogP contribution >= 0.6 is 11.3 Å². The fourth-order valence-electron chi connectivity index (χ4n) is 1.71. The molecule has 0 aromatic carbocycles. The molecule has 0 radical (unpaired) electrons. The predicted molar refractivity (Wildman–Crippen MR) is 80.3 cm³/mol. The molecule has 0 aliphatic rings. The first-order valence-corrected chi connectivity index (χ1v) is 7.66. The summed E-state index contributed by atoms with van der Waals surface area (Å²) in [5, 5.41) is 17.7. The number of carbonyl (C=O) groups excluding carboxylic acids is 2. The summed E-state index contributed by atoms with van der Waals surface area (Å²) in [6.07, 6.45) is 0.0172. The van der Waals surface area contributed by atoms with Gasteiger partial charge in [-0.1, -0.05) is 13.8 Å². The fraction of sp³-hybridized carbons (Fsp3) is 0.500. The second kappa shape index (κ2) is 8.41. The van der Waals surface area contributed by atoms with Crippen LogP contribution in [0.2, 0.25) is 0 Å². The molecule has 1 unspecified atom stereocenters. The number of carbonyl (C=O) groups is 3. The van der Waals surface area contributed by atoms with Crippen LogP contribution in [0, 0.1) is 5.92 Å². The molecule has 116 valence electrons. The zero-order valence-corrected chi connectivity index (χ0v) is 12.9. The maximum Gasteiger partial charge on any atom is 0.305 e. The molecule has 1 rings (SSSR count). The Kier molecular flexibility index (Phi) is 6.87. The zero-order chi connectivity index (χ0) is 15.8. The molecule has 1 atom stereocenters. The molecular weight excluding hydrogens is 292 g/mol. The van der Waals surface area contributed by atoms with E-state index in [0.29, 0.717) is 5.56 Å². The molecule has 7 heteroatoms. The van der Waals surface area contributed by atoms with Crippen LogP contribution in [0.25, 0.3) is 0 Å². The highest BCUT2D eigenvalue weighted by Crippen LogP contribution is 2.07. The van der Waals surface area contributed by atoms with Crippen molar-refractivity contribution in [1.82, 2.24) is 10.6 Å². The van der Waals surface area contributed by atoms with Crippen molar-refractivity contribution >= 4 is 29.1 Å². The average molecular weight is 312 g/mol. The van der Waals surface area contributed by atoms with Gasteiger partial charge in [-0.2, -0.15) is 11.3 Å². The molecule has 0 bridgehead atoms. The van der Waals surface area contributed by atoms with Gasteiger partial charge in [0.15, 0.2) is 0 Å². The van der Waals surface area contributed by atoms with Gasteiger partial charge >= 0.3 is 5.97 Å². The number of aliphatic carboxylic acids is 1. The van der Waals surface area contributed by atoms with Gasteiger partial charge in [0.25, 0.3) is 5.91 Å². The number of carboxylic acids is 1. The van der Waals surface area contributed by atoms with Gasteiger partial charge in [0.1, 0.15) is 0 Å². The molecule has 2 amide bonds. The monoisotopic (exact) mass is 312 g/mol. The Morgan fingerprint density at radius 2 is 2.05 bits per heavy atom. The molecule has 21 heavy (non-hydrogen) atoms. The van der Waals surface area contributed by atoms with Gasteiger partial charge in [-0.3, -0.25) is 14.4 Å². The SMILES string of the molecule is CC(C)C(CC(=O)O)NC(=O)CCNC(=O)c1ccsc1. The van der Waals surface area contributed by atoms with E-state index in [1.54, 1.807) is 16.8 Å². The Morgan fingerprint density at radius 3 is 2.57 bits per heavy atom. The summed E-state index contributed by atoms with van der Waals surface area (Å²) in [6, 6.07) is 1.31. The highest BCUT2D eigenvalue weighted by atomic mass is 32.1. The molecule has 0 aliphatic heterocycles. The number of hydrogen-bond donors (Lipinski definition) is 3. The number of amides is 2. The van der Waals surface area contributed by atoms with Gasteiger partial charge < -0.3 is 15.7 Å². The van der Waals surface area contributed by atoms with Crippen molar-refractivity contribution in [2.45, 2.75) is 32.7 Å². The Bertz CT molecular complexity index is 485. The lowest BCUT2D eigenvalue weighted by molar-refractivity contribution is -0.138. The van der Waals surface area contributed by atoms with E-state index in [4.69, 9.17) is 5.11 Å². The first kappa shape index (κ1) is 17.2. The van der Waals surface area contributed by atoms with E-state index in [9.17, 15) is 14.4 Å². The topological polar surface area (TPSA) is 95.5 Å². The first-order valence-electron chi connectivity index (χ1n) is 6.71. The van der Waals surface area contributed by atoms with Crippen LogP contribution in [0.5, 0.6) is 0 Å². The molecule has 0 spiro atoms. The van der Waals surface area contributed by atoms with Gasteiger partial charge in [0.2, 0.25) is 5.91 Å². The molecule has 3 N–H and O–H groups in total. The Hall–Kier alpha value is -1.89. The number of rotatable bonds is 8. The lowest BCUT2D eigenvalue weighted by Gasteiger charge is -2.20. The predicted octanol–water partition coefficient (Wildman–Crippen LogP) is 1.48. The second-order valence-electron chi connectivity index (χ2n) is 5.03. The van der Waals surface area contributed by atoms with Crippen molar-refractivity contribution in [3.8, 4) is 0 Å². The normalized spacial score (nSPS) is 12.0. The van der Waals surface area contributed by atoms with Crippen LogP contribution < -0.4 is 10.6 Å². The molecule has 0 saturated heterocycles. The van der Waals surface area contributed by atoms with Crippen molar-refractivity contribution in [3.63, 3.8) is 0 Å². The third-order valence-electron chi connectivity index (χ3n) is 2.97. The number of nitrogens with one attached hydrogen (secondary N) is 2. The summed E-state index contributed by atoms with van der Waals surface area (Å²) in [4.78, 5) is 34.1. The van der Waals surface area contributed by atoms with Crippen LogP contribution in [-0.4, -0.2) is 35.5 Å². The third-order valence-corrected chi connectivity index (χ3v) is 3.65.